The Morgan fingerprint density at radius 3 is 2.76 bits per heavy atom. The second-order valence-corrected chi connectivity index (χ2v) is 6.89. The summed E-state index contributed by atoms with van der Waals surface area (Å²) in [5.74, 6) is 1.38. The third-order valence-electron chi connectivity index (χ3n) is 4.61. The first-order chi connectivity index (χ1) is 11.6. The topological polar surface area (TPSA) is 63.1 Å². The van der Waals surface area contributed by atoms with Gasteiger partial charge >= 0.3 is 0 Å². The summed E-state index contributed by atoms with van der Waals surface area (Å²) in [5.41, 5.74) is 0.779. The van der Waals surface area contributed by atoms with Gasteiger partial charge in [0.15, 0.2) is 0 Å². The highest BCUT2D eigenvalue weighted by atomic mass is 35.5. The maximum absolute atomic E-state index is 12.9. The molecule has 1 aliphatic carbocycles. The Kier molecular flexibility index (Phi) is 5.32. The van der Waals surface area contributed by atoms with Crippen molar-refractivity contribution in [2.45, 2.75) is 31.7 Å². The fraction of sp³-hybridized carbons (Fsp3) is 0.471. The SMILES string of the molecule is C[C@H]1CNCCN1C(=O)c1nc(C2CC2)n(-c2ccccc2Cl)n1.Cl. The molecule has 2 fully saturated rings. The number of aromatic nitrogens is 3. The van der Waals surface area contributed by atoms with Gasteiger partial charge in [-0.25, -0.2) is 9.67 Å². The van der Waals surface area contributed by atoms with Crippen LogP contribution >= 0.6 is 24.0 Å². The van der Waals surface area contributed by atoms with Crippen molar-refractivity contribution in [3.05, 3.63) is 40.9 Å². The predicted molar refractivity (Wildman–Crippen MR) is 99.0 cm³/mol. The van der Waals surface area contributed by atoms with Crippen LogP contribution in [0.25, 0.3) is 5.69 Å². The molecule has 0 spiro atoms. The predicted octanol–water partition coefficient (Wildman–Crippen LogP) is 2.65. The number of carbonyl (C=O) groups excluding carboxylic acids is 1. The van der Waals surface area contributed by atoms with Gasteiger partial charge in [-0.15, -0.1) is 17.5 Å². The van der Waals surface area contributed by atoms with Crippen LogP contribution in [0.3, 0.4) is 0 Å². The maximum atomic E-state index is 12.9. The molecule has 134 valence electrons. The molecule has 0 radical (unpaired) electrons. The minimum atomic E-state index is -0.100. The van der Waals surface area contributed by atoms with Crippen LogP contribution in [-0.2, 0) is 0 Å². The number of rotatable bonds is 3. The molecule has 2 aliphatic rings. The van der Waals surface area contributed by atoms with E-state index in [9.17, 15) is 4.79 Å². The Labute approximate surface area is 158 Å². The largest absolute Gasteiger partial charge is 0.331 e. The van der Waals surface area contributed by atoms with E-state index in [1.165, 1.54) is 0 Å². The van der Waals surface area contributed by atoms with E-state index in [0.717, 1.165) is 37.4 Å². The van der Waals surface area contributed by atoms with Gasteiger partial charge in [-0.1, -0.05) is 23.7 Å². The van der Waals surface area contributed by atoms with Gasteiger partial charge in [0.1, 0.15) is 5.82 Å². The molecule has 4 rings (SSSR count). The van der Waals surface area contributed by atoms with Crippen LogP contribution in [-0.4, -0.2) is 51.2 Å². The molecule has 1 N–H and O–H groups in total. The Morgan fingerprint density at radius 1 is 1.32 bits per heavy atom. The van der Waals surface area contributed by atoms with Crippen LogP contribution in [0.15, 0.2) is 24.3 Å². The number of piperazine rings is 1. The quantitative estimate of drug-likeness (QED) is 0.887. The van der Waals surface area contributed by atoms with Gasteiger partial charge in [0.05, 0.1) is 10.7 Å². The summed E-state index contributed by atoms with van der Waals surface area (Å²) in [5, 5.41) is 8.42. The smallest absolute Gasteiger partial charge is 0.293 e. The maximum Gasteiger partial charge on any atom is 0.293 e. The van der Waals surface area contributed by atoms with Gasteiger partial charge in [-0.05, 0) is 31.9 Å². The van der Waals surface area contributed by atoms with E-state index in [2.05, 4.69) is 15.4 Å². The molecule has 1 saturated carbocycles. The van der Waals surface area contributed by atoms with Crippen LogP contribution in [0.2, 0.25) is 5.02 Å². The van der Waals surface area contributed by atoms with Gasteiger partial charge in [-0.3, -0.25) is 4.79 Å². The molecule has 25 heavy (non-hydrogen) atoms. The van der Waals surface area contributed by atoms with E-state index in [4.69, 9.17) is 11.6 Å². The number of para-hydroxylation sites is 1. The summed E-state index contributed by atoms with van der Waals surface area (Å²) in [6.07, 6.45) is 2.17. The van der Waals surface area contributed by atoms with Crippen LogP contribution < -0.4 is 5.32 Å². The molecule has 1 aromatic heterocycles. The monoisotopic (exact) mass is 381 g/mol. The summed E-state index contributed by atoms with van der Waals surface area (Å²) in [7, 11) is 0. The highest BCUT2D eigenvalue weighted by Crippen LogP contribution is 2.40. The molecule has 1 aliphatic heterocycles. The normalized spacial score (nSPS) is 20.2. The van der Waals surface area contributed by atoms with Crippen molar-refractivity contribution in [2.75, 3.05) is 19.6 Å². The van der Waals surface area contributed by atoms with E-state index >= 15 is 0 Å². The van der Waals surface area contributed by atoms with E-state index in [-0.39, 0.29) is 30.2 Å². The first-order valence-electron chi connectivity index (χ1n) is 8.38. The fourth-order valence-electron chi connectivity index (χ4n) is 3.09. The Balaban J connectivity index is 0.00000182. The number of benzene rings is 1. The number of nitrogens with one attached hydrogen (secondary N) is 1. The molecule has 1 amide bonds. The molecule has 1 saturated heterocycles. The van der Waals surface area contributed by atoms with Gasteiger partial charge in [0.25, 0.3) is 5.91 Å². The summed E-state index contributed by atoms with van der Waals surface area (Å²) in [4.78, 5) is 19.3. The van der Waals surface area contributed by atoms with Crippen LogP contribution in [0.5, 0.6) is 0 Å². The Bertz CT molecular complexity index is 774. The van der Waals surface area contributed by atoms with Gasteiger partial charge in [-0.2, -0.15) is 0 Å². The lowest BCUT2D eigenvalue weighted by molar-refractivity contribution is 0.0643. The van der Waals surface area contributed by atoms with Crippen molar-refractivity contribution in [3.63, 3.8) is 0 Å². The fourth-order valence-corrected chi connectivity index (χ4v) is 3.31. The minimum Gasteiger partial charge on any atom is -0.331 e. The van der Waals surface area contributed by atoms with Crippen molar-refractivity contribution in [1.82, 2.24) is 25.0 Å². The van der Waals surface area contributed by atoms with Crippen molar-refractivity contribution >= 4 is 29.9 Å². The van der Waals surface area contributed by atoms with Gasteiger partial charge in [0, 0.05) is 31.6 Å². The van der Waals surface area contributed by atoms with Crippen LogP contribution in [0.4, 0.5) is 0 Å². The average Bonchev–Trinajstić information content (AvgIpc) is 3.34. The molecular weight excluding hydrogens is 361 g/mol. The third-order valence-corrected chi connectivity index (χ3v) is 4.93. The van der Waals surface area contributed by atoms with Crippen molar-refractivity contribution in [1.29, 1.82) is 0 Å². The molecule has 0 bridgehead atoms. The van der Waals surface area contributed by atoms with E-state index < -0.39 is 0 Å². The molecule has 8 heteroatoms. The number of halogens is 2. The molecule has 6 nitrogen and oxygen atoms in total. The molecule has 2 heterocycles. The van der Waals surface area contributed by atoms with Crippen LogP contribution in [0.1, 0.15) is 42.1 Å². The summed E-state index contributed by atoms with van der Waals surface area (Å²) >= 11 is 6.32. The number of carbonyl (C=O) groups is 1. The van der Waals surface area contributed by atoms with Gasteiger partial charge in [0.2, 0.25) is 5.82 Å². The average molecular weight is 382 g/mol. The molecule has 1 aromatic carbocycles. The standard InChI is InChI=1S/C17H20ClN5O.ClH/c1-11-10-19-8-9-22(11)17(24)15-20-16(12-6-7-12)23(21-15)14-5-3-2-4-13(14)18;/h2-5,11-12,19H,6-10H2,1H3;1H/t11-;/m0./s1. The second-order valence-electron chi connectivity index (χ2n) is 6.48. The number of hydrogen-bond acceptors (Lipinski definition) is 4. The van der Waals surface area contributed by atoms with E-state index in [1.54, 1.807) is 4.68 Å². The zero-order valence-corrected chi connectivity index (χ0v) is 15.6. The number of amides is 1. The zero-order chi connectivity index (χ0) is 16.7. The third kappa shape index (κ3) is 3.52. The minimum absolute atomic E-state index is 0. The number of hydrogen-bond donors (Lipinski definition) is 1. The lowest BCUT2D eigenvalue weighted by Gasteiger charge is -2.33. The lowest BCUT2D eigenvalue weighted by atomic mass is 10.2. The zero-order valence-electron chi connectivity index (χ0n) is 14.0. The van der Waals surface area contributed by atoms with Crippen molar-refractivity contribution in [3.8, 4) is 5.69 Å². The molecule has 1 atom stereocenters. The van der Waals surface area contributed by atoms with Crippen LogP contribution in [0, 0.1) is 0 Å². The molecular formula is C17H21Cl2N5O. The Morgan fingerprint density at radius 2 is 2.08 bits per heavy atom. The van der Waals surface area contributed by atoms with E-state index in [1.807, 2.05) is 36.1 Å². The second kappa shape index (κ2) is 7.32. The summed E-state index contributed by atoms with van der Waals surface area (Å²) < 4.78 is 1.75. The number of nitrogens with zero attached hydrogens (tertiary/aromatic N) is 4. The highest BCUT2D eigenvalue weighted by molar-refractivity contribution is 6.32. The molecule has 0 unspecified atom stereocenters. The highest BCUT2D eigenvalue weighted by Gasteiger charge is 2.34. The molecule has 2 aromatic rings. The van der Waals surface area contributed by atoms with E-state index in [0.29, 0.717) is 17.5 Å². The first-order valence-corrected chi connectivity index (χ1v) is 8.76. The van der Waals surface area contributed by atoms with Gasteiger partial charge < -0.3 is 10.2 Å². The summed E-state index contributed by atoms with van der Waals surface area (Å²) in [6, 6.07) is 7.68. The lowest BCUT2D eigenvalue weighted by Crippen LogP contribution is -2.52. The Hall–Kier alpha value is -1.63. The van der Waals surface area contributed by atoms with Crippen molar-refractivity contribution in [2.24, 2.45) is 0 Å². The van der Waals surface area contributed by atoms with Crippen molar-refractivity contribution < 1.29 is 4.79 Å². The summed E-state index contributed by atoms with van der Waals surface area (Å²) in [6.45, 7) is 4.32. The first kappa shape index (κ1) is 18.2.